The molecule has 3 heterocycles. The summed E-state index contributed by atoms with van der Waals surface area (Å²) in [4.78, 5) is 23.5. The van der Waals surface area contributed by atoms with Gasteiger partial charge in [0, 0.05) is 18.0 Å². The monoisotopic (exact) mass is 358 g/mol. The van der Waals surface area contributed by atoms with Crippen LogP contribution in [0.1, 0.15) is 10.4 Å². The summed E-state index contributed by atoms with van der Waals surface area (Å²) in [6.07, 6.45) is 4.94. The van der Waals surface area contributed by atoms with Crippen molar-refractivity contribution >= 4 is 11.9 Å². The van der Waals surface area contributed by atoms with Crippen LogP contribution < -0.4 is 10.1 Å². The van der Waals surface area contributed by atoms with Gasteiger partial charge in [0.2, 0.25) is 5.95 Å². The van der Waals surface area contributed by atoms with Crippen molar-refractivity contribution in [1.29, 1.82) is 0 Å². The van der Waals surface area contributed by atoms with E-state index in [0.29, 0.717) is 28.6 Å². The minimum atomic E-state index is -0.313. The summed E-state index contributed by atoms with van der Waals surface area (Å²) >= 11 is 0. The zero-order valence-electron chi connectivity index (χ0n) is 14.0. The number of ether oxygens (including phenoxy) is 1. The Balaban J connectivity index is 1.42. The summed E-state index contributed by atoms with van der Waals surface area (Å²) in [7, 11) is 0. The van der Waals surface area contributed by atoms with Crippen molar-refractivity contribution in [3.8, 4) is 23.0 Å². The first-order valence-electron chi connectivity index (χ1n) is 8.11. The van der Waals surface area contributed by atoms with Crippen LogP contribution >= 0.6 is 0 Å². The first-order valence-corrected chi connectivity index (χ1v) is 8.11. The maximum Gasteiger partial charge on any atom is 0.258 e. The van der Waals surface area contributed by atoms with E-state index in [1.54, 1.807) is 61.1 Å². The number of H-pyrrole nitrogens is 1. The Morgan fingerprint density at radius 2 is 1.81 bits per heavy atom. The van der Waals surface area contributed by atoms with Crippen molar-refractivity contribution in [2.75, 3.05) is 5.32 Å². The van der Waals surface area contributed by atoms with Crippen LogP contribution in [-0.4, -0.2) is 31.1 Å². The molecule has 8 nitrogen and oxygen atoms in total. The number of pyridine rings is 2. The van der Waals surface area contributed by atoms with Crippen molar-refractivity contribution < 1.29 is 9.53 Å². The smallest absolute Gasteiger partial charge is 0.258 e. The van der Waals surface area contributed by atoms with E-state index in [9.17, 15) is 4.79 Å². The van der Waals surface area contributed by atoms with Crippen LogP contribution in [0.25, 0.3) is 11.5 Å². The van der Waals surface area contributed by atoms with Crippen LogP contribution in [0, 0.1) is 0 Å². The summed E-state index contributed by atoms with van der Waals surface area (Å²) in [6, 6.07) is 15.8. The lowest BCUT2D eigenvalue weighted by atomic mass is 10.2. The van der Waals surface area contributed by atoms with Gasteiger partial charge < -0.3 is 9.72 Å². The first-order chi connectivity index (χ1) is 13.3. The fraction of sp³-hybridized carbons (Fsp3) is 0. The topological polar surface area (TPSA) is 106 Å². The van der Waals surface area contributed by atoms with Gasteiger partial charge in [-0.05, 0) is 48.5 Å². The minimum Gasteiger partial charge on any atom is -0.456 e. The molecular weight excluding hydrogens is 344 g/mol. The maximum absolute atomic E-state index is 12.4. The number of amides is 1. The van der Waals surface area contributed by atoms with Gasteiger partial charge in [0.1, 0.15) is 17.2 Å². The van der Waals surface area contributed by atoms with E-state index in [-0.39, 0.29) is 11.9 Å². The Bertz CT molecular complexity index is 1030. The molecule has 0 aliphatic rings. The number of anilines is 1. The van der Waals surface area contributed by atoms with E-state index in [2.05, 4.69) is 30.5 Å². The SMILES string of the molecule is O=C(Nc1nnc(-c2ccccn2)[nH]1)c1ccc(Oc2cccnc2)cc1. The largest absolute Gasteiger partial charge is 0.456 e. The lowest BCUT2D eigenvalue weighted by Gasteiger charge is -2.06. The first kappa shape index (κ1) is 16.4. The van der Waals surface area contributed by atoms with E-state index >= 15 is 0 Å². The molecule has 0 fully saturated rings. The average Bonchev–Trinajstić information content (AvgIpc) is 3.18. The normalized spacial score (nSPS) is 10.4. The highest BCUT2D eigenvalue weighted by Crippen LogP contribution is 2.21. The standard InChI is InChI=1S/C19H14N6O2/c26-18(23-19-22-17(24-25-19)16-5-1-2-11-21-16)13-6-8-14(9-7-13)27-15-4-3-10-20-12-15/h1-12H,(H2,22,23,24,25,26). The summed E-state index contributed by atoms with van der Waals surface area (Å²) in [5, 5.41) is 10.6. The number of nitrogens with one attached hydrogen (secondary N) is 2. The van der Waals surface area contributed by atoms with Crippen molar-refractivity contribution in [2.45, 2.75) is 0 Å². The van der Waals surface area contributed by atoms with E-state index < -0.39 is 0 Å². The van der Waals surface area contributed by atoms with Crippen LogP contribution in [0.2, 0.25) is 0 Å². The molecule has 3 aromatic heterocycles. The Morgan fingerprint density at radius 3 is 2.56 bits per heavy atom. The number of aromatic nitrogens is 5. The van der Waals surface area contributed by atoms with Gasteiger partial charge in [-0.25, -0.2) is 0 Å². The van der Waals surface area contributed by atoms with Crippen LogP contribution in [0.4, 0.5) is 5.95 Å². The van der Waals surface area contributed by atoms with Crippen molar-refractivity contribution in [3.05, 3.63) is 78.8 Å². The fourth-order valence-corrected chi connectivity index (χ4v) is 2.33. The molecule has 27 heavy (non-hydrogen) atoms. The number of hydrogen-bond acceptors (Lipinski definition) is 6. The Kier molecular flexibility index (Phi) is 4.52. The molecular formula is C19H14N6O2. The van der Waals surface area contributed by atoms with Crippen molar-refractivity contribution in [1.82, 2.24) is 25.1 Å². The van der Waals surface area contributed by atoms with Crippen LogP contribution in [-0.2, 0) is 0 Å². The van der Waals surface area contributed by atoms with Crippen LogP contribution in [0.15, 0.2) is 73.2 Å². The summed E-state index contributed by atoms with van der Waals surface area (Å²) in [5.74, 6) is 1.64. The molecule has 1 amide bonds. The number of nitrogens with zero attached hydrogens (tertiary/aromatic N) is 4. The molecule has 8 heteroatoms. The predicted octanol–water partition coefficient (Wildman–Crippen LogP) is 3.31. The summed E-state index contributed by atoms with van der Waals surface area (Å²) in [5.41, 5.74) is 1.10. The Hall–Kier alpha value is -4.07. The summed E-state index contributed by atoms with van der Waals surface area (Å²) < 4.78 is 5.65. The zero-order valence-corrected chi connectivity index (χ0v) is 14.0. The third kappa shape index (κ3) is 3.96. The minimum absolute atomic E-state index is 0.247. The fourth-order valence-electron chi connectivity index (χ4n) is 2.33. The van der Waals surface area contributed by atoms with Gasteiger partial charge >= 0.3 is 0 Å². The molecule has 132 valence electrons. The molecule has 4 aromatic rings. The van der Waals surface area contributed by atoms with Crippen LogP contribution in [0.3, 0.4) is 0 Å². The number of benzene rings is 1. The van der Waals surface area contributed by atoms with Crippen molar-refractivity contribution in [3.63, 3.8) is 0 Å². The number of aromatic amines is 1. The highest BCUT2D eigenvalue weighted by Gasteiger charge is 2.11. The molecule has 0 spiro atoms. The number of carbonyl (C=O) groups excluding carboxylic acids is 1. The van der Waals surface area contributed by atoms with Gasteiger partial charge in [0.25, 0.3) is 5.91 Å². The van der Waals surface area contributed by atoms with Gasteiger partial charge in [-0.15, -0.1) is 10.2 Å². The highest BCUT2D eigenvalue weighted by molar-refractivity contribution is 6.03. The number of carbonyl (C=O) groups is 1. The molecule has 4 rings (SSSR count). The Labute approximate surface area is 154 Å². The van der Waals surface area contributed by atoms with E-state index in [1.165, 1.54) is 0 Å². The van der Waals surface area contributed by atoms with Gasteiger partial charge in [0.05, 0.1) is 6.20 Å². The number of hydrogen-bond donors (Lipinski definition) is 2. The van der Waals surface area contributed by atoms with Gasteiger partial charge in [0.15, 0.2) is 5.82 Å². The maximum atomic E-state index is 12.4. The third-order valence-corrected chi connectivity index (χ3v) is 3.61. The molecule has 0 bridgehead atoms. The summed E-state index contributed by atoms with van der Waals surface area (Å²) in [6.45, 7) is 0. The lowest BCUT2D eigenvalue weighted by Crippen LogP contribution is -2.12. The molecule has 1 aromatic carbocycles. The van der Waals surface area contributed by atoms with Gasteiger partial charge in [-0.1, -0.05) is 6.07 Å². The van der Waals surface area contributed by atoms with Gasteiger partial charge in [-0.3, -0.25) is 20.1 Å². The quantitative estimate of drug-likeness (QED) is 0.567. The Morgan fingerprint density at radius 1 is 0.926 bits per heavy atom. The predicted molar refractivity (Wildman–Crippen MR) is 98.3 cm³/mol. The van der Waals surface area contributed by atoms with Gasteiger partial charge in [-0.2, -0.15) is 0 Å². The molecule has 0 saturated heterocycles. The molecule has 0 saturated carbocycles. The molecule has 0 unspecified atom stereocenters. The van der Waals surface area contributed by atoms with E-state index in [0.717, 1.165) is 0 Å². The van der Waals surface area contributed by atoms with E-state index in [1.807, 2.05) is 12.1 Å². The lowest BCUT2D eigenvalue weighted by molar-refractivity contribution is 0.102. The second-order valence-electron chi connectivity index (χ2n) is 5.51. The highest BCUT2D eigenvalue weighted by atomic mass is 16.5. The third-order valence-electron chi connectivity index (χ3n) is 3.61. The zero-order chi connectivity index (χ0) is 18.5. The molecule has 0 aliphatic heterocycles. The molecule has 2 N–H and O–H groups in total. The second-order valence-corrected chi connectivity index (χ2v) is 5.51. The average molecular weight is 358 g/mol. The molecule has 0 atom stereocenters. The molecule has 0 aliphatic carbocycles. The van der Waals surface area contributed by atoms with Crippen LogP contribution in [0.5, 0.6) is 11.5 Å². The second kappa shape index (κ2) is 7.44. The number of rotatable bonds is 5. The molecule has 0 radical (unpaired) electrons. The van der Waals surface area contributed by atoms with E-state index in [4.69, 9.17) is 4.74 Å². The van der Waals surface area contributed by atoms with Crippen molar-refractivity contribution in [2.24, 2.45) is 0 Å².